The number of ether oxygens (including phenoxy) is 2. The summed E-state index contributed by atoms with van der Waals surface area (Å²) in [5, 5.41) is 3.00. The molecule has 166 valence electrons. The first-order chi connectivity index (χ1) is 15.7. The van der Waals surface area contributed by atoms with E-state index in [1.165, 1.54) is 0 Å². The molecule has 1 saturated heterocycles. The lowest BCUT2D eigenvalue weighted by atomic mass is 9.96. The van der Waals surface area contributed by atoms with E-state index < -0.39 is 0 Å². The zero-order valence-corrected chi connectivity index (χ0v) is 18.2. The number of carbonyl (C=O) groups excluding carboxylic acids is 1. The van der Waals surface area contributed by atoms with Crippen LogP contribution in [0.2, 0.25) is 0 Å². The normalized spacial score (nSPS) is 14.1. The SMILES string of the molecule is COc1ccc(OCCNC(=O)C2CCN(c3cc(-c4ccccc4)ncn3)CC2)cc1. The molecule has 1 N–H and O–H groups in total. The van der Waals surface area contributed by atoms with E-state index in [1.807, 2.05) is 60.7 Å². The Morgan fingerprint density at radius 3 is 2.47 bits per heavy atom. The molecular formula is C25H28N4O3. The van der Waals surface area contributed by atoms with E-state index in [4.69, 9.17) is 9.47 Å². The van der Waals surface area contributed by atoms with Crippen molar-refractivity contribution in [3.05, 3.63) is 67.0 Å². The van der Waals surface area contributed by atoms with E-state index in [-0.39, 0.29) is 11.8 Å². The third-order valence-corrected chi connectivity index (χ3v) is 5.64. The number of methoxy groups -OCH3 is 1. The highest BCUT2D eigenvalue weighted by molar-refractivity contribution is 5.79. The van der Waals surface area contributed by atoms with Crippen LogP contribution in [0.25, 0.3) is 11.3 Å². The predicted molar refractivity (Wildman–Crippen MR) is 124 cm³/mol. The lowest BCUT2D eigenvalue weighted by molar-refractivity contribution is -0.125. The van der Waals surface area contributed by atoms with Crippen LogP contribution in [0.5, 0.6) is 11.5 Å². The van der Waals surface area contributed by atoms with E-state index >= 15 is 0 Å². The van der Waals surface area contributed by atoms with Crippen LogP contribution in [0, 0.1) is 5.92 Å². The van der Waals surface area contributed by atoms with E-state index in [1.54, 1.807) is 13.4 Å². The van der Waals surface area contributed by atoms with E-state index in [9.17, 15) is 4.79 Å². The Hall–Kier alpha value is -3.61. The second-order valence-corrected chi connectivity index (χ2v) is 7.70. The minimum absolute atomic E-state index is 0.0164. The van der Waals surface area contributed by atoms with Crippen molar-refractivity contribution < 1.29 is 14.3 Å². The molecule has 0 saturated carbocycles. The molecule has 2 aromatic carbocycles. The lowest BCUT2D eigenvalue weighted by Crippen LogP contribution is -2.41. The number of carbonyl (C=O) groups is 1. The van der Waals surface area contributed by atoms with Crippen LogP contribution in [-0.2, 0) is 4.79 Å². The van der Waals surface area contributed by atoms with Gasteiger partial charge in [0.05, 0.1) is 19.3 Å². The summed E-state index contributed by atoms with van der Waals surface area (Å²) in [6.45, 7) is 2.51. The van der Waals surface area contributed by atoms with Crippen molar-refractivity contribution in [1.29, 1.82) is 0 Å². The van der Waals surface area contributed by atoms with Crippen LogP contribution in [0.4, 0.5) is 5.82 Å². The molecule has 0 atom stereocenters. The first-order valence-electron chi connectivity index (χ1n) is 10.9. The van der Waals surface area contributed by atoms with Gasteiger partial charge in [-0.25, -0.2) is 9.97 Å². The fourth-order valence-corrected chi connectivity index (χ4v) is 3.82. The van der Waals surface area contributed by atoms with Crippen molar-refractivity contribution >= 4 is 11.7 Å². The zero-order valence-electron chi connectivity index (χ0n) is 18.2. The van der Waals surface area contributed by atoms with Gasteiger partial charge in [-0.2, -0.15) is 0 Å². The maximum atomic E-state index is 12.5. The molecule has 0 unspecified atom stereocenters. The van der Waals surface area contributed by atoms with Gasteiger partial charge in [-0.15, -0.1) is 0 Å². The van der Waals surface area contributed by atoms with Gasteiger partial charge in [0.2, 0.25) is 5.91 Å². The number of hydrogen-bond acceptors (Lipinski definition) is 6. The fourth-order valence-electron chi connectivity index (χ4n) is 3.82. The molecule has 1 fully saturated rings. The standard InChI is InChI=1S/C25H28N4O3/c1-31-21-7-9-22(10-8-21)32-16-13-26-25(30)20-11-14-29(15-12-20)24-17-23(27-18-28-24)19-5-3-2-4-6-19/h2-10,17-18,20H,11-16H2,1H3,(H,26,30). The Labute approximate surface area is 188 Å². The Morgan fingerprint density at radius 2 is 1.75 bits per heavy atom. The Balaban J connectivity index is 1.21. The molecule has 0 radical (unpaired) electrons. The van der Waals surface area contributed by atoms with E-state index in [0.717, 1.165) is 54.5 Å². The van der Waals surface area contributed by atoms with Crippen LogP contribution in [0.15, 0.2) is 67.0 Å². The second-order valence-electron chi connectivity index (χ2n) is 7.70. The summed E-state index contributed by atoms with van der Waals surface area (Å²) in [6.07, 6.45) is 3.21. The van der Waals surface area contributed by atoms with Gasteiger partial charge in [-0.3, -0.25) is 4.79 Å². The summed E-state index contributed by atoms with van der Waals surface area (Å²) in [5.74, 6) is 2.56. The molecule has 2 heterocycles. The summed E-state index contributed by atoms with van der Waals surface area (Å²) in [5.41, 5.74) is 1.98. The number of rotatable bonds is 8. The number of aromatic nitrogens is 2. The molecule has 3 aromatic rings. The smallest absolute Gasteiger partial charge is 0.223 e. The van der Waals surface area contributed by atoms with E-state index in [0.29, 0.717) is 13.2 Å². The highest BCUT2D eigenvalue weighted by atomic mass is 16.5. The topological polar surface area (TPSA) is 76.6 Å². The van der Waals surface area contributed by atoms with Gasteiger partial charge in [0.1, 0.15) is 30.3 Å². The highest BCUT2D eigenvalue weighted by Gasteiger charge is 2.25. The number of nitrogens with one attached hydrogen (secondary N) is 1. The zero-order chi connectivity index (χ0) is 22.2. The average molecular weight is 433 g/mol. The molecule has 32 heavy (non-hydrogen) atoms. The number of piperidine rings is 1. The maximum Gasteiger partial charge on any atom is 0.223 e. The summed E-state index contributed by atoms with van der Waals surface area (Å²) >= 11 is 0. The maximum absolute atomic E-state index is 12.5. The van der Waals surface area contributed by atoms with Crippen molar-refractivity contribution in [3.63, 3.8) is 0 Å². The van der Waals surface area contributed by atoms with Gasteiger partial charge in [-0.1, -0.05) is 30.3 Å². The van der Waals surface area contributed by atoms with Gasteiger partial charge in [0.15, 0.2) is 0 Å². The Morgan fingerprint density at radius 1 is 1.03 bits per heavy atom. The third-order valence-electron chi connectivity index (χ3n) is 5.64. The molecule has 0 spiro atoms. The molecule has 7 heteroatoms. The molecule has 0 bridgehead atoms. The average Bonchev–Trinajstić information content (AvgIpc) is 2.87. The predicted octanol–water partition coefficient (Wildman–Crippen LogP) is 3.56. The van der Waals surface area contributed by atoms with Crippen molar-refractivity contribution in [2.24, 2.45) is 5.92 Å². The molecule has 0 aliphatic carbocycles. The van der Waals surface area contributed by atoms with Crippen LogP contribution < -0.4 is 19.7 Å². The lowest BCUT2D eigenvalue weighted by Gasteiger charge is -2.32. The first-order valence-corrected chi connectivity index (χ1v) is 10.9. The van der Waals surface area contributed by atoms with Crippen molar-refractivity contribution in [2.75, 3.05) is 38.3 Å². The monoisotopic (exact) mass is 432 g/mol. The van der Waals surface area contributed by atoms with Crippen LogP contribution in [0.3, 0.4) is 0 Å². The fraction of sp³-hybridized carbons (Fsp3) is 0.320. The molecule has 4 rings (SSSR count). The van der Waals surface area contributed by atoms with Crippen LogP contribution >= 0.6 is 0 Å². The molecule has 1 aliphatic heterocycles. The number of nitrogens with zero attached hydrogens (tertiary/aromatic N) is 3. The number of benzene rings is 2. The summed E-state index contributed by atoms with van der Waals surface area (Å²) < 4.78 is 10.8. The second kappa shape index (κ2) is 10.6. The van der Waals surface area contributed by atoms with E-state index in [2.05, 4.69) is 20.2 Å². The minimum Gasteiger partial charge on any atom is -0.497 e. The highest BCUT2D eigenvalue weighted by Crippen LogP contribution is 2.25. The minimum atomic E-state index is 0.0164. The van der Waals surface area contributed by atoms with Crippen molar-refractivity contribution in [3.8, 4) is 22.8 Å². The Kier molecular flexibility index (Phi) is 7.17. The molecule has 1 amide bonds. The van der Waals surface area contributed by atoms with Crippen molar-refractivity contribution in [2.45, 2.75) is 12.8 Å². The molecular weight excluding hydrogens is 404 g/mol. The number of anilines is 1. The van der Waals surface area contributed by atoms with Crippen LogP contribution in [-0.4, -0.2) is 49.2 Å². The van der Waals surface area contributed by atoms with Gasteiger partial charge < -0.3 is 19.7 Å². The molecule has 1 aromatic heterocycles. The Bertz CT molecular complexity index is 1000. The molecule has 7 nitrogen and oxygen atoms in total. The largest absolute Gasteiger partial charge is 0.497 e. The van der Waals surface area contributed by atoms with Gasteiger partial charge in [0, 0.05) is 30.6 Å². The van der Waals surface area contributed by atoms with Crippen LogP contribution in [0.1, 0.15) is 12.8 Å². The summed E-state index contributed by atoms with van der Waals surface area (Å²) in [7, 11) is 1.63. The van der Waals surface area contributed by atoms with Gasteiger partial charge in [-0.05, 0) is 37.1 Å². The first kappa shape index (κ1) is 21.6. The summed E-state index contributed by atoms with van der Waals surface area (Å²) in [6, 6.07) is 19.5. The number of hydrogen-bond donors (Lipinski definition) is 1. The third kappa shape index (κ3) is 5.55. The van der Waals surface area contributed by atoms with Gasteiger partial charge in [0.25, 0.3) is 0 Å². The molecule has 1 aliphatic rings. The number of amides is 1. The van der Waals surface area contributed by atoms with Crippen molar-refractivity contribution in [1.82, 2.24) is 15.3 Å². The quantitative estimate of drug-likeness (QED) is 0.549. The van der Waals surface area contributed by atoms with Gasteiger partial charge >= 0.3 is 0 Å². The summed E-state index contributed by atoms with van der Waals surface area (Å²) in [4.78, 5) is 23.6.